The highest BCUT2D eigenvalue weighted by atomic mass is 19.1. The first-order chi connectivity index (χ1) is 13.9. The minimum absolute atomic E-state index is 0.144. The zero-order chi connectivity index (χ0) is 21.0. The van der Waals surface area contributed by atoms with E-state index < -0.39 is 23.8 Å². The van der Waals surface area contributed by atoms with E-state index >= 15 is 0 Å². The van der Waals surface area contributed by atoms with Gasteiger partial charge in [0.15, 0.2) is 0 Å². The average Bonchev–Trinajstić information content (AvgIpc) is 2.91. The molecule has 1 fully saturated rings. The molecule has 0 unspecified atom stereocenters. The van der Waals surface area contributed by atoms with Crippen molar-refractivity contribution < 1.29 is 18.8 Å². The molecule has 1 aliphatic heterocycles. The Balaban J connectivity index is 1.81. The normalized spacial score (nSPS) is 16.6. The summed E-state index contributed by atoms with van der Waals surface area (Å²) >= 11 is 0. The molecule has 1 aliphatic rings. The summed E-state index contributed by atoms with van der Waals surface area (Å²) in [6, 6.07) is 12.7. The molecule has 6 nitrogen and oxygen atoms in total. The van der Waals surface area contributed by atoms with Crippen LogP contribution in [0.15, 0.2) is 54.6 Å². The van der Waals surface area contributed by atoms with Crippen LogP contribution in [0.1, 0.15) is 26.7 Å². The zero-order valence-corrected chi connectivity index (χ0v) is 16.5. The van der Waals surface area contributed by atoms with Crippen molar-refractivity contribution in [1.29, 1.82) is 0 Å². The van der Waals surface area contributed by atoms with Crippen LogP contribution >= 0.6 is 0 Å². The SMILES string of the molecule is CC(C)CCN1C(=O)N(c2ccc(F)cc2)C(=O)[C@@H]1CC(=O)Nc1ccccc1. The molecule has 1 N–H and O–H groups in total. The molecule has 7 heteroatoms. The molecule has 152 valence electrons. The van der Waals surface area contributed by atoms with Gasteiger partial charge in [-0.05, 0) is 48.7 Å². The number of amides is 4. The van der Waals surface area contributed by atoms with Crippen LogP contribution in [0.2, 0.25) is 0 Å². The molecule has 0 saturated carbocycles. The van der Waals surface area contributed by atoms with Crippen LogP contribution in [-0.4, -0.2) is 35.3 Å². The van der Waals surface area contributed by atoms with Gasteiger partial charge in [0.1, 0.15) is 11.9 Å². The van der Waals surface area contributed by atoms with E-state index in [0.29, 0.717) is 30.3 Å². The van der Waals surface area contributed by atoms with E-state index in [2.05, 4.69) is 5.32 Å². The van der Waals surface area contributed by atoms with E-state index in [4.69, 9.17) is 0 Å². The highest BCUT2D eigenvalue weighted by Gasteiger charge is 2.46. The molecule has 1 saturated heterocycles. The number of rotatable bonds is 7. The number of hydrogen-bond donors (Lipinski definition) is 1. The molecular formula is C22H24FN3O3. The third-order valence-corrected chi connectivity index (χ3v) is 4.79. The summed E-state index contributed by atoms with van der Waals surface area (Å²) in [5.74, 6) is -0.953. The second-order valence-electron chi connectivity index (χ2n) is 7.44. The number of carbonyl (C=O) groups excluding carboxylic acids is 3. The number of para-hydroxylation sites is 1. The number of benzene rings is 2. The van der Waals surface area contributed by atoms with Crippen molar-refractivity contribution in [3.8, 4) is 0 Å². The molecule has 0 bridgehead atoms. The Labute approximate surface area is 169 Å². The fourth-order valence-electron chi connectivity index (χ4n) is 3.22. The van der Waals surface area contributed by atoms with Crippen LogP contribution < -0.4 is 10.2 Å². The maximum absolute atomic E-state index is 13.3. The van der Waals surface area contributed by atoms with Crippen LogP contribution in [0.4, 0.5) is 20.6 Å². The number of nitrogens with zero attached hydrogens (tertiary/aromatic N) is 2. The third kappa shape index (κ3) is 4.80. The maximum atomic E-state index is 13.3. The minimum Gasteiger partial charge on any atom is -0.326 e. The van der Waals surface area contributed by atoms with Gasteiger partial charge >= 0.3 is 6.03 Å². The minimum atomic E-state index is -0.894. The molecule has 29 heavy (non-hydrogen) atoms. The number of imide groups is 1. The quantitative estimate of drug-likeness (QED) is 0.717. The summed E-state index contributed by atoms with van der Waals surface area (Å²) in [5, 5.41) is 2.75. The van der Waals surface area contributed by atoms with E-state index in [1.165, 1.54) is 29.2 Å². The van der Waals surface area contributed by atoms with E-state index in [1.807, 2.05) is 19.9 Å². The first-order valence-corrected chi connectivity index (χ1v) is 9.62. The average molecular weight is 397 g/mol. The van der Waals surface area contributed by atoms with Crippen molar-refractivity contribution in [2.24, 2.45) is 5.92 Å². The molecule has 2 aromatic carbocycles. The van der Waals surface area contributed by atoms with Gasteiger partial charge in [0.25, 0.3) is 5.91 Å². The van der Waals surface area contributed by atoms with Crippen molar-refractivity contribution in [3.05, 3.63) is 60.4 Å². The summed E-state index contributed by atoms with van der Waals surface area (Å²) in [5.41, 5.74) is 0.917. The van der Waals surface area contributed by atoms with Gasteiger partial charge in [-0.2, -0.15) is 0 Å². The topological polar surface area (TPSA) is 69.7 Å². The Bertz CT molecular complexity index is 884. The number of urea groups is 1. The standard InChI is InChI=1S/C22H24FN3O3/c1-15(2)12-13-25-19(14-20(27)24-17-6-4-3-5-7-17)21(28)26(22(25)29)18-10-8-16(23)9-11-18/h3-11,15,19H,12-14H2,1-2H3,(H,24,27)/t19-/m0/s1. The van der Waals surface area contributed by atoms with Gasteiger partial charge in [-0.25, -0.2) is 14.1 Å². The molecular weight excluding hydrogens is 373 g/mol. The Morgan fingerprint density at radius 1 is 1.07 bits per heavy atom. The summed E-state index contributed by atoms with van der Waals surface area (Å²) in [6.07, 6.45) is 0.558. The second kappa shape index (κ2) is 8.86. The Morgan fingerprint density at radius 2 is 1.72 bits per heavy atom. The van der Waals surface area contributed by atoms with E-state index in [-0.39, 0.29) is 12.3 Å². The zero-order valence-electron chi connectivity index (χ0n) is 16.5. The highest BCUT2D eigenvalue weighted by Crippen LogP contribution is 2.28. The highest BCUT2D eigenvalue weighted by molar-refractivity contribution is 6.22. The van der Waals surface area contributed by atoms with Gasteiger partial charge in [-0.3, -0.25) is 9.59 Å². The molecule has 1 atom stereocenters. The predicted octanol–water partition coefficient (Wildman–Crippen LogP) is 4.04. The number of nitrogens with one attached hydrogen (secondary N) is 1. The number of anilines is 2. The van der Waals surface area contributed by atoms with Crippen molar-refractivity contribution >= 4 is 29.2 Å². The second-order valence-corrected chi connectivity index (χ2v) is 7.44. The molecule has 0 radical (unpaired) electrons. The molecule has 3 rings (SSSR count). The van der Waals surface area contributed by atoms with Gasteiger partial charge < -0.3 is 10.2 Å². The van der Waals surface area contributed by atoms with E-state index in [9.17, 15) is 18.8 Å². The van der Waals surface area contributed by atoms with Crippen LogP contribution in [0.5, 0.6) is 0 Å². The van der Waals surface area contributed by atoms with Gasteiger partial charge in [0.05, 0.1) is 12.1 Å². The van der Waals surface area contributed by atoms with Crippen LogP contribution in [0.3, 0.4) is 0 Å². The van der Waals surface area contributed by atoms with Crippen molar-refractivity contribution in [3.63, 3.8) is 0 Å². The lowest BCUT2D eigenvalue weighted by Gasteiger charge is -2.22. The van der Waals surface area contributed by atoms with Crippen LogP contribution in [0, 0.1) is 11.7 Å². The van der Waals surface area contributed by atoms with Crippen LogP contribution in [-0.2, 0) is 9.59 Å². The van der Waals surface area contributed by atoms with Gasteiger partial charge in [0.2, 0.25) is 5.91 Å². The van der Waals surface area contributed by atoms with E-state index in [1.54, 1.807) is 24.3 Å². The Morgan fingerprint density at radius 3 is 2.34 bits per heavy atom. The number of carbonyl (C=O) groups is 3. The largest absolute Gasteiger partial charge is 0.332 e. The lowest BCUT2D eigenvalue weighted by Crippen LogP contribution is -2.39. The fourth-order valence-corrected chi connectivity index (χ4v) is 3.22. The Hall–Kier alpha value is -3.22. The first kappa shape index (κ1) is 20.5. The van der Waals surface area contributed by atoms with Crippen molar-refractivity contribution in [2.45, 2.75) is 32.7 Å². The molecule has 0 aromatic heterocycles. The molecule has 0 aliphatic carbocycles. The fraction of sp³-hybridized carbons (Fsp3) is 0.318. The third-order valence-electron chi connectivity index (χ3n) is 4.79. The van der Waals surface area contributed by atoms with Crippen LogP contribution in [0.25, 0.3) is 0 Å². The monoisotopic (exact) mass is 397 g/mol. The van der Waals surface area contributed by atoms with Gasteiger partial charge in [-0.15, -0.1) is 0 Å². The van der Waals surface area contributed by atoms with Crippen molar-refractivity contribution in [1.82, 2.24) is 4.90 Å². The molecule has 2 aromatic rings. The van der Waals surface area contributed by atoms with Gasteiger partial charge in [-0.1, -0.05) is 32.0 Å². The molecule has 4 amide bonds. The summed E-state index contributed by atoms with van der Waals surface area (Å²) < 4.78 is 13.3. The Kier molecular flexibility index (Phi) is 6.26. The smallest absolute Gasteiger partial charge is 0.326 e. The lowest BCUT2D eigenvalue weighted by atomic mass is 10.1. The first-order valence-electron chi connectivity index (χ1n) is 9.62. The lowest BCUT2D eigenvalue weighted by molar-refractivity contribution is -0.124. The molecule has 1 heterocycles. The van der Waals surface area contributed by atoms with Crippen molar-refractivity contribution in [2.75, 3.05) is 16.8 Å². The number of hydrogen-bond acceptors (Lipinski definition) is 3. The maximum Gasteiger partial charge on any atom is 0.332 e. The summed E-state index contributed by atoms with van der Waals surface area (Å²) in [6.45, 7) is 4.41. The predicted molar refractivity (Wildman–Crippen MR) is 109 cm³/mol. The van der Waals surface area contributed by atoms with Gasteiger partial charge in [0, 0.05) is 12.2 Å². The summed E-state index contributed by atoms with van der Waals surface area (Å²) in [7, 11) is 0. The number of halogens is 1. The summed E-state index contributed by atoms with van der Waals surface area (Å²) in [4.78, 5) is 41.0. The van der Waals surface area contributed by atoms with E-state index in [0.717, 1.165) is 4.90 Å². The molecule has 0 spiro atoms.